The Morgan fingerprint density at radius 3 is 2.45 bits per heavy atom. The molecule has 0 aliphatic rings. The van der Waals surface area contributed by atoms with Crippen LogP contribution in [-0.2, 0) is 33.1 Å². The molecule has 0 spiro atoms. The van der Waals surface area contributed by atoms with Crippen molar-refractivity contribution in [2.45, 2.75) is 53.8 Å². The summed E-state index contributed by atoms with van der Waals surface area (Å²) in [6, 6.07) is 2.29. The van der Waals surface area contributed by atoms with Gasteiger partial charge >= 0.3 is 0 Å². The summed E-state index contributed by atoms with van der Waals surface area (Å²) in [6.07, 6.45) is 3.10. The first-order chi connectivity index (χ1) is 9.56. The number of aromatic nitrogens is 3. The monoisotopic (exact) mass is 274 g/mol. The highest BCUT2D eigenvalue weighted by molar-refractivity contribution is 5.26. The number of nitrogens with zero attached hydrogens (tertiary/aromatic N) is 3. The van der Waals surface area contributed by atoms with Crippen LogP contribution in [0.3, 0.4) is 0 Å². The van der Waals surface area contributed by atoms with Gasteiger partial charge in [0.2, 0.25) is 0 Å². The molecule has 0 aliphatic heterocycles. The van der Waals surface area contributed by atoms with Crippen LogP contribution in [0.1, 0.15) is 42.1 Å². The molecule has 0 fully saturated rings. The number of hydrogen-bond acceptors (Lipinski definition) is 2. The smallest absolute Gasteiger partial charge is 0.0666 e. The molecule has 0 radical (unpaired) electrons. The Morgan fingerprint density at radius 2 is 1.85 bits per heavy atom. The van der Waals surface area contributed by atoms with E-state index in [0.717, 1.165) is 26.1 Å². The van der Waals surface area contributed by atoms with Crippen molar-refractivity contribution < 1.29 is 0 Å². The second kappa shape index (κ2) is 6.27. The number of rotatable bonds is 6. The first-order valence-corrected chi connectivity index (χ1v) is 7.44. The van der Waals surface area contributed by atoms with Gasteiger partial charge in [0.05, 0.1) is 5.69 Å². The molecule has 20 heavy (non-hydrogen) atoms. The van der Waals surface area contributed by atoms with Crippen LogP contribution in [0.4, 0.5) is 0 Å². The summed E-state index contributed by atoms with van der Waals surface area (Å²) in [5.74, 6) is 0. The van der Waals surface area contributed by atoms with Crippen LogP contribution in [0.5, 0.6) is 0 Å². The Labute approximate surface area is 121 Å². The molecule has 2 aromatic heterocycles. The second-order valence-electron chi connectivity index (χ2n) is 5.37. The van der Waals surface area contributed by atoms with E-state index in [2.05, 4.69) is 54.9 Å². The Bertz CT molecular complexity index is 578. The van der Waals surface area contributed by atoms with Crippen molar-refractivity contribution in [1.29, 1.82) is 0 Å². The average molecular weight is 274 g/mol. The van der Waals surface area contributed by atoms with E-state index in [1.165, 1.54) is 28.2 Å². The summed E-state index contributed by atoms with van der Waals surface area (Å²) in [7, 11) is 1.98. The molecule has 2 aromatic rings. The van der Waals surface area contributed by atoms with Gasteiger partial charge in [0.15, 0.2) is 0 Å². The molecule has 1 N–H and O–H groups in total. The van der Waals surface area contributed by atoms with Crippen LogP contribution in [0.15, 0.2) is 12.3 Å². The summed E-state index contributed by atoms with van der Waals surface area (Å²) in [5.41, 5.74) is 6.61. The van der Waals surface area contributed by atoms with Crippen molar-refractivity contribution in [3.05, 3.63) is 40.5 Å². The number of aryl methyl sites for hydroxylation is 3. The van der Waals surface area contributed by atoms with Gasteiger partial charge in [-0.1, -0.05) is 6.92 Å². The third kappa shape index (κ3) is 2.96. The average Bonchev–Trinajstić information content (AvgIpc) is 2.90. The van der Waals surface area contributed by atoms with Gasteiger partial charge < -0.3 is 9.88 Å². The quantitative estimate of drug-likeness (QED) is 0.879. The minimum Gasteiger partial charge on any atom is -0.349 e. The fourth-order valence-corrected chi connectivity index (χ4v) is 2.90. The first-order valence-electron chi connectivity index (χ1n) is 7.44. The van der Waals surface area contributed by atoms with E-state index in [1.807, 2.05) is 11.7 Å². The zero-order chi connectivity index (χ0) is 14.7. The molecular formula is C16H26N4. The summed E-state index contributed by atoms with van der Waals surface area (Å²) < 4.78 is 4.26. The highest BCUT2D eigenvalue weighted by atomic mass is 15.3. The summed E-state index contributed by atoms with van der Waals surface area (Å²) in [4.78, 5) is 0. The number of nitrogens with one attached hydrogen (secondary N) is 1. The van der Waals surface area contributed by atoms with Gasteiger partial charge in [0.1, 0.15) is 0 Å². The predicted octanol–water partition coefficient (Wildman–Crippen LogP) is 2.71. The molecule has 0 atom stereocenters. The van der Waals surface area contributed by atoms with Crippen molar-refractivity contribution in [3.63, 3.8) is 0 Å². The Balaban J connectivity index is 1.99. The molecule has 0 bridgehead atoms. The number of hydrogen-bond donors (Lipinski definition) is 1. The summed E-state index contributed by atoms with van der Waals surface area (Å²) in [5, 5.41) is 8.02. The van der Waals surface area contributed by atoms with E-state index in [-0.39, 0.29) is 0 Å². The fourth-order valence-electron chi connectivity index (χ4n) is 2.90. The predicted molar refractivity (Wildman–Crippen MR) is 82.7 cm³/mol. The Kier molecular flexibility index (Phi) is 4.65. The molecule has 0 saturated carbocycles. The van der Waals surface area contributed by atoms with Crippen LogP contribution in [0.25, 0.3) is 0 Å². The van der Waals surface area contributed by atoms with Gasteiger partial charge in [-0.25, -0.2) is 0 Å². The Hall–Kier alpha value is -1.55. The van der Waals surface area contributed by atoms with E-state index in [0.29, 0.717) is 0 Å². The fraction of sp³-hybridized carbons (Fsp3) is 0.562. The van der Waals surface area contributed by atoms with Crippen molar-refractivity contribution in [3.8, 4) is 0 Å². The lowest BCUT2D eigenvalue weighted by atomic mass is 10.2. The van der Waals surface area contributed by atoms with E-state index in [1.54, 1.807) is 0 Å². The standard InChI is InChI=1S/C16H26N4/c1-6-16-15(11-19(5)18-16)10-17-9-14-8-12(3)20(7-2)13(14)4/h8,11,17H,6-7,9-10H2,1-5H3. The molecule has 2 rings (SSSR count). The zero-order valence-corrected chi connectivity index (χ0v) is 13.3. The van der Waals surface area contributed by atoms with Crippen molar-refractivity contribution in [2.24, 2.45) is 7.05 Å². The molecule has 110 valence electrons. The largest absolute Gasteiger partial charge is 0.349 e. The van der Waals surface area contributed by atoms with Gasteiger partial charge in [-0.15, -0.1) is 0 Å². The van der Waals surface area contributed by atoms with Crippen molar-refractivity contribution in [2.75, 3.05) is 0 Å². The molecule has 0 saturated heterocycles. The maximum atomic E-state index is 4.48. The van der Waals surface area contributed by atoms with E-state index in [4.69, 9.17) is 0 Å². The Morgan fingerprint density at radius 1 is 1.15 bits per heavy atom. The van der Waals surface area contributed by atoms with E-state index < -0.39 is 0 Å². The zero-order valence-electron chi connectivity index (χ0n) is 13.3. The van der Waals surface area contributed by atoms with Gasteiger partial charge in [0.25, 0.3) is 0 Å². The molecule has 4 nitrogen and oxygen atoms in total. The lowest BCUT2D eigenvalue weighted by Gasteiger charge is -2.07. The SMILES string of the molecule is CCc1nn(C)cc1CNCc1cc(C)n(CC)c1C. The third-order valence-corrected chi connectivity index (χ3v) is 3.95. The first kappa shape index (κ1) is 14.9. The van der Waals surface area contributed by atoms with Gasteiger partial charge in [-0.3, -0.25) is 4.68 Å². The third-order valence-electron chi connectivity index (χ3n) is 3.95. The highest BCUT2D eigenvalue weighted by Crippen LogP contribution is 2.15. The molecule has 4 heteroatoms. The van der Waals surface area contributed by atoms with E-state index in [9.17, 15) is 0 Å². The maximum absolute atomic E-state index is 4.48. The molecule has 0 aromatic carbocycles. The molecule has 0 unspecified atom stereocenters. The highest BCUT2D eigenvalue weighted by Gasteiger charge is 2.09. The molecular weight excluding hydrogens is 248 g/mol. The van der Waals surface area contributed by atoms with E-state index >= 15 is 0 Å². The molecule has 2 heterocycles. The van der Waals surface area contributed by atoms with Crippen LogP contribution >= 0.6 is 0 Å². The van der Waals surface area contributed by atoms with Gasteiger partial charge in [-0.2, -0.15) is 5.10 Å². The maximum Gasteiger partial charge on any atom is 0.0666 e. The van der Waals surface area contributed by atoms with Crippen molar-refractivity contribution >= 4 is 0 Å². The summed E-state index contributed by atoms with van der Waals surface area (Å²) in [6.45, 7) is 11.6. The summed E-state index contributed by atoms with van der Waals surface area (Å²) >= 11 is 0. The van der Waals surface area contributed by atoms with Gasteiger partial charge in [0, 0.05) is 49.8 Å². The van der Waals surface area contributed by atoms with Crippen LogP contribution in [-0.4, -0.2) is 14.3 Å². The van der Waals surface area contributed by atoms with Crippen molar-refractivity contribution in [1.82, 2.24) is 19.7 Å². The van der Waals surface area contributed by atoms with Crippen LogP contribution in [0, 0.1) is 13.8 Å². The minimum atomic E-state index is 0.882. The minimum absolute atomic E-state index is 0.882. The van der Waals surface area contributed by atoms with Gasteiger partial charge in [-0.05, 0) is 38.8 Å². The normalized spacial score (nSPS) is 11.2. The molecule has 0 aliphatic carbocycles. The van der Waals surface area contributed by atoms with Crippen LogP contribution < -0.4 is 5.32 Å². The van der Waals surface area contributed by atoms with Crippen LogP contribution in [0.2, 0.25) is 0 Å². The topological polar surface area (TPSA) is 34.8 Å². The lowest BCUT2D eigenvalue weighted by molar-refractivity contribution is 0.672. The molecule has 0 amide bonds. The second-order valence-corrected chi connectivity index (χ2v) is 5.37. The lowest BCUT2D eigenvalue weighted by Crippen LogP contribution is -2.14.